The van der Waals surface area contributed by atoms with E-state index in [1.54, 1.807) is 0 Å². The summed E-state index contributed by atoms with van der Waals surface area (Å²) in [5, 5.41) is 3.04. The topological polar surface area (TPSA) is 35.6 Å². The Morgan fingerprint density at radius 1 is 1.04 bits per heavy atom. The van der Waals surface area contributed by atoms with Crippen LogP contribution in [0, 0.1) is 5.92 Å². The van der Waals surface area contributed by atoms with Gasteiger partial charge in [-0.1, -0.05) is 25.5 Å². The van der Waals surface area contributed by atoms with E-state index in [2.05, 4.69) is 29.3 Å². The minimum absolute atomic E-state index is 0.0515. The van der Waals surface area contributed by atoms with Gasteiger partial charge in [-0.25, -0.2) is 4.79 Å². The number of piperidine rings is 2. The van der Waals surface area contributed by atoms with Gasteiger partial charge in [0, 0.05) is 25.3 Å². The molecule has 0 saturated carbocycles. The van der Waals surface area contributed by atoms with Gasteiger partial charge in [0.15, 0.2) is 0 Å². The lowest BCUT2D eigenvalue weighted by Crippen LogP contribution is -2.44. The van der Waals surface area contributed by atoms with E-state index in [0.717, 1.165) is 44.0 Å². The smallest absolute Gasteiger partial charge is 0.321 e. The molecule has 2 fully saturated rings. The lowest BCUT2D eigenvalue weighted by Gasteiger charge is -2.36. The number of aryl methyl sites for hydroxylation is 1. The van der Waals surface area contributed by atoms with Gasteiger partial charge in [0.05, 0.1) is 0 Å². The zero-order valence-corrected chi connectivity index (χ0v) is 15.0. The van der Waals surface area contributed by atoms with E-state index in [4.69, 9.17) is 0 Å². The maximum Gasteiger partial charge on any atom is 0.321 e. The normalized spacial score (nSPS) is 20.1. The van der Waals surface area contributed by atoms with Crippen LogP contribution in [0.5, 0.6) is 0 Å². The zero-order chi connectivity index (χ0) is 16.8. The Morgan fingerprint density at radius 2 is 1.71 bits per heavy atom. The molecule has 2 aliphatic rings. The van der Waals surface area contributed by atoms with Crippen LogP contribution in [0.15, 0.2) is 24.3 Å². The van der Waals surface area contributed by atoms with Crippen LogP contribution in [0.1, 0.15) is 44.6 Å². The average Bonchev–Trinajstić information content (AvgIpc) is 2.64. The minimum Gasteiger partial charge on any atom is -0.325 e. The zero-order valence-electron chi connectivity index (χ0n) is 15.0. The van der Waals surface area contributed by atoms with E-state index >= 15 is 0 Å². The minimum atomic E-state index is 0.0515. The summed E-state index contributed by atoms with van der Waals surface area (Å²) in [6.45, 7) is 7.69. The predicted molar refractivity (Wildman–Crippen MR) is 99.4 cm³/mol. The van der Waals surface area contributed by atoms with Gasteiger partial charge in [0.1, 0.15) is 0 Å². The van der Waals surface area contributed by atoms with Crippen LogP contribution >= 0.6 is 0 Å². The van der Waals surface area contributed by atoms with Gasteiger partial charge in [-0.05, 0) is 68.8 Å². The van der Waals surface area contributed by atoms with Crippen molar-refractivity contribution in [2.45, 2.75) is 45.4 Å². The number of anilines is 1. The van der Waals surface area contributed by atoms with Gasteiger partial charge >= 0.3 is 6.03 Å². The predicted octanol–water partition coefficient (Wildman–Crippen LogP) is 3.98. The highest BCUT2D eigenvalue weighted by molar-refractivity contribution is 5.89. The summed E-state index contributed by atoms with van der Waals surface area (Å²) in [6.07, 6.45) is 7.42. The number of likely N-dealkylation sites (tertiary alicyclic amines) is 2. The molecule has 0 aliphatic carbocycles. The SMILES string of the molecule is CCc1ccc(NC(=O)N2CCC(CN3CCCCC3)CC2)cc1. The Hall–Kier alpha value is -1.55. The molecular formula is C20H31N3O. The van der Waals surface area contributed by atoms with Gasteiger partial charge in [0.25, 0.3) is 0 Å². The second-order valence-electron chi connectivity index (χ2n) is 7.27. The Labute approximate surface area is 146 Å². The highest BCUT2D eigenvalue weighted by Crippen LogP contribution is 2.21. The molecule has 0 atom stereocenters. The summed E-state index contributed by atoms with van der Waals surface area (Å²) in [6, 6.07) is 8.22. The van der Waals surface area contributed by atoms with Crippen LogP contribution in [0.25, 0.3) is 0 Å². The maximum absolute atomic E-state index is 12.4. The molecule has 0 unspecified atom stereocenters. The highest BCUT2D eigenvalue weighted by Gasteiger charge is 2.24. The van der Waals surface area contributed by atoms with Crippen LogP contribution in [0.2, 0.25) is 0 Å². The van der Waals surface area contributed by atoms with Crippen LogP contribution in [0.3, 0.4) is 0 Å². The maximum atomic E-state index is 12.4. The van der Waals surface area contributed by atoms with Crippen molar-refractivity contribution in [2.75, 3.05) is 38.0 Å². The molecule has 2 saturated heterocycles. The van der Waals surface area contributed by atoms with E-state index in [-0.39, 0.29) is 6.03 Å². The number of amides is 2. The van der Waals surface area contributed by atoms with Crippen molar-refractivity contribution < 1.29 is 4.79 Å². The molecule has 4 heteroatoms. The number of urea groups is 1. The number of hydrogen-bond donors (Lipinski definition) is 1. The molecule has 24 heavy (non-hydrogen) atoms. The van der Waals surface area contributed by atoms with Crippen molar-refractivity contribution >= 4 is 11.7 Å². The molecule has 2 aliphatic heterocycles. The molecule has 4 nitrogen and oxygen atoms in total. The molecule has 0 aromatic heterocycles. The number of carbonyl (C=O) groups excluding carboxylic acids is 1. The Balaban J connectivity index is 1.42. The first-order valence-electron chi connectivity index (χ1n) is 9.62. The molecule has 0 radical (unpaired) electrons. The van der Waals surface area contributed by atoms with E-state index < -0.39 is 0 Å². The van der Waals surface area contributed by atoms with Gasteiger partial charge in [-0.15, -0.1) is 0 Å². The lowest BCUT2D eigenvalue weighted by atomic mass is 9.95. The third kappa shape index (κ3) is 4.73. The summed E-state index contributed by atoms with van der Waals surface area (Å²) in [4.78, 5) is 17.0. The van der Waals surface area contributed by atoms with Crippen molar-refractivity contribution in [1.29, 1.82) is 0 Å². The summed E-state index contributed by atoms with van der Waals surface area (Å²) >= 11 is 0. The van der Waals surface area contributed by atoms with Crippen LogP contribution in [-0.2, 0) is 6.42 Å². The first kappa shape index (κ1) is 17.3. The monoisotopic (exact) mass is 329 g/mol. The number of rotatable bonds is 4. The van der Waals surface area contributed by atoms with Gasteiger partial charge in [-0.2, -0.15) is 0 Å². The van der Waals surface area contributed by atoms with Crippen molar-refractivity contribution in [3.63, 3.8) is 0 Å². The summed E-state index contributed by atoms with van der Waals surface area (Å²) in [7, 11) is 0. The van der Waals surface area contributed by atoms with Crippen molar-refractivity contribution in [1.82, 2.24) is 9.80 Å². The first-order valence-corrected chi connectivity index (χ1v) is 9.62. The number of nitrogens with one attached hydrogen (secondary N) is 1. The molecule has 1 aromatic carbocycles. The molecule has 132 valence electrons. The van der Waals surface area contributed by atoms with E-state index in [1.165, 1.54) is 44.5 Å². The fourth-order valence-electron chi connectivity index (χ4n) is 3.85. The summed E-state index contributed by atoms with van der Waals surface area (Å²) in [5.41, 5.74) is 2.19. The third-order valence-electron chi connectivity index (χ3n) is 5.48. The lowest BCUT2D eigenvalue weighted by molar-refractivity contribution is 0.142. The van der Waals surface area contributed by atoms with Gasteiger partial charge in [-0.3, -0.25) is 0 Å². The summed E-state index contributed by atoms with van der Waals surface area (Å²) in [5.74, 6) is 0.760. The molecular weight excluding hydrogens is 298 g/mol. The number of nitrogens with zero attached hydrogens (tertiary/aromatic N) is 2. The number of carbonyl (C=O) groups is 1. The van der Waals surface area contributed by atoms with Crippen LogP contribution in [0.4, 0.5) is 10.5 Å². The van der Waals surface area contributed by atoms with Gasteiger partial charge < -0.3 is 15.1 Å². The Bertz CT molecular complexity index is 514. The third-order valence-corrected chi connectivity index (χ3v) is 5.48. The molecule has 2 heterocycles. The number of benzene rings is 1. The molecule has 3 rings (SSSR count). The van der Waals surface area contributed by atoms with E-state index in [1.807, 2.05) is 17.0 Å². The fourth-order valence-corrected chi connectivity index (χ4v) is 3.85. The van der Waals surface area contributed by atoms with E-state index in [9.17, 15) is 4.79 Å². The Kier molecular flexibility index (Phi) is 6.13. The summed E-state index contributed by atoms with van der Waals surface area (Å²) < 4.78 is 0. The quantitative estimate of drug-likeness (QED) is 0.907. The van der Waals surface area contributed by atoms with Crippen LogP contribution in [-0.4, -0.2) is 48.6 Å². The van der Waals surface area contributed by atoms with Crippen molar-refractivity contribution in [2.24, 2.45) is 5.92 Å². The molecule has 0 spiro atoms. The Morgan fingerprint density at radius 3 is 2.33 bits per heavy atom. The largest absolute Gasteiger partial charge is 0.325 e. The molecule has 1 N–H and O–H groups in total. The standard InChI is InChI=1S/C20H31N3O/c1-2-17-6-8-19(9-7-17)21-20(24)23-14-10-18(11-15-23)16-22-12-4-3-5-13-22/h6-9,18H,2-5,10-16H2,1H3,(H,21,24). The van der Waals surface area contributed by atoms with Crippen LogP contribution < -0.4 is 5.32 Å². The average molecular weight is 329 g/mol. The number of hydrogen-bond acceptors (Lipinski definition) is 2. The second-order valence-corrected chi connectivity index (χ2v) is 7.27. The van der Waals surface area contributed by atoms with Crippen molar-refractivity contribution in [3.05, 3.63) is 29.8 Å². The van der Waals surface area contributed by atoms with Gasteiger partial charge in [0.2, 0.25) is 0 Å². The highest BCUT2D eigenvalue weighted by atomic mass is 16.2. The van der Waals surface area contributed by atoms with Crippen molar-refractivity contribution in [3.8, 4) is 0 Å². The molecule has 2 amide bonds. The molecule has 0 bridgehead atoms. The second kappa shape index (κ2) is 8.52. The fraction of sp³-hybridized carbons (Fsp3) is 0.650. The molecule has 1 aromatic rings. The first-order chi connectivity index (χ1) is 11.7. The van der Waals surface area contributed by atoms with E-state index in [0.29, 0.717) is 0 Å².